The van der Waals surface area contributed by atoms with Crippen molar-refractivity contribution >= 4 is 35.1 Å². The predicted molar refractivity (Wildman–Crippen MR) is 91.0 cm³/mol. The third-order valence-corrected chi connectivity index (χ3v) is 3.83. The van der Waals surface area contributed by atoms with Gasteiger partial charge in [-0.2, -0.15) is 16.4 Å². The van der Waals surface area contributed by atoms with Crippen LogP contribution in [-0.2, 0) is 4.79 Å². The quantitative estimate of drug-likeness (QED) is 0.471. The van der Waals surface area contributed by atoms with Gasteiger partial charge in [0.15, 0.2) is 0 Å². The van der Waals surface area contributed by atoms with E-state index >= 15 is 0 Å². The number of nitrogens with one attached hydrogen (secondary N) is 1. The van der Waals surface area contributed by atoms with Crippen LogP contribution in [0.25, 0.3) is 0 Å². The van der Waals surface area contributed by atoms with Gasteiger partial charge in [-0.05, 0) is 53.9 Å². The number of carbonyl (C=O) groups is 1. The van der Waals surface area contributed by atoms with E-state index in [1.165, 1.54) is 0 Å². The molecule has 2 aromatic rings. The third-order valence-electron chi connectivity index (χ3n) is 2.89. The van der Waals surface area contributed by atoms with Crippen LogP contribution in [0.3, 0.4) is 0 Å². The maximum absolute atomic E-state index is 11.6. The fourth-order valence-electron chi connectivity index (χ4n) is 1.77. The summed E-state index contributed by atoms with van der Waals surface area (Å²) < 4.78 is 5.63. The molecule has 0 saturated carbocycles. The van der Waals surface area contributed by atoms with E-state index in [1.807, 2.05) is 35.9 Å². The standard InChI is InChI=1S/C16H17ClN2O2S/c1-12-9-14(17)4-5-15(12)21-7-2-3-16(20)19-18-10-13-6-8-22-11-13/h4-6,8-11H,2-3,7H2,1H3,(H,19,20)/b18-10+. The Balaban J connectivity index is 1.64. The number of amides is 1. The topological polar surface area (TPSA) is 50.7 Å². The normalized spacial score (nSPS) is 10.8. The van der Waals surface area contributed by atoms with E-state index in [1.54, 1.807) is 23.6 Å². The Labute approximate surface area is 138 Å². The molecule has 22 heavy (non-hydrogen) atoms. The number of aryl methyl sites for hydroxylation is 1. The van der Waals surface area contributed by atoms with Gasteiger partial charge in [-0.15, -0.1) is 0 Å². The largest absolute Gasteiger partial charge is 0.493 e. The number of benzene rings is 1. The molecule has 1 N–H and O–H groups in total. The molecule has 0 fully saturated rings. The Hall–Kier alpha value is -1.85. The van der Waals surface area contributed by atoms with Crippen molar-refractivity contribution in [1.82, 2.24) is 5.43 Å². The van der Waals surface area contributed by atoms with Gasteiger partial charge in [0, 0.05) is 17.0 Å². The van der Waals surface area contributed by atoms with Gasteiger partial charge in [0.05, 0.1) is 12.8 Å². The Kier molecular flexibility index (Phi) is 6.43. The zero-order valence-electron chi connectivity index (χ0n) is 12.2. The molecule has 0 radical (unpaired) electrons. The lowest BCUT2D eigenvalue weighted by atomic mass is 10.2. The first kappa shape index (κ1) is 16.5. The van der Waals surface area contributed by atoms with Crippen molar-refractivity contribution in [2.75, 3.05) is 6.61 Å². The SMILES string of the molecule is Cc1cc(Cl)ccc1OCCCC(=O)N/N=C/c1ccsc1. The molecule has 1 aromatic carbocycles. The summed E-state index contributed by atoms with van der Waals surface area (Å²) in [6.45, 7) is 2.41. The molecule has 0 aliphatic rings. The van der Waals surface area contributed by atoms with Crippen LogP contribution in [0.15, 0.2) is 40.1 Å². The van der Waals surface area contributed by atoms with Crippen LogP contribution in [0, 0.1) is 6.92 Å². The van der Waals surface area contributed by atoms with Gasteiger partial charge < -0.3 is 4.74 Å². The van der Waals surface area contributed by atoms with Gasteiger partial charge in [0.1, 0.15) is 5.75 Å². The molecular formula is C16H17ClN2O2S. The fourth-order valence-corrected chi connectivity index (χ4v) is 2.61. The molecule has 0 unspecified atom stereocenters. The highest BCUT2D eigenvalue weighted by molar-refractivity contribution is 7.08. The lowest BCUT2D eigenvalue weighted by Gasteiger charge is -2.08. The monoisotopic (exact) mass is 336 g/mol. The molecule has 0 atom stereocenters. The molecule has 0 spiro atoms. The van der Waals surface area contributed by atoms with Crippen molar-refractivity contribution in [3.8, 4) is 5.75 Å². The summed E-state index contributed by atoms with van der Waals surface area (Å²) in [6.07, 6.45) is 2.62. The Morgan fingerprint density at radius 1 is 1.45 bits per heavy atom. The van der Waals surface area contributed by atoms with E-state index in [-0.39, 0.29) is 5.91 Å². The lowest BCUT2D eigenvalue weighted by molar-refractivity contribution is -0.121. The highest BCUT2D eigenvalue weighted by atomic mass is 35.5. The van der Waals surface area contributed by atoms with E-state index < -0.39 is 0 Å². The second kappa shape index (κ2) is 8.56. The lowest BCUT2D eigenvalue weighted by Crippen LogP contribution is -2.18. The number of thiophene rings is 1. The number of nitrogens with zero attached hydrogens (tertiary/aromatic N) is 1. The maximum Gasteiger partial charge on any atom is 0.240 e. The molecule has 0 aliphatic heterocycles. The second-order valence-corrected chi connectivity index (χ2v) is 5.93. The number of hydrogen-bond acceptors (Lipinski definition) is 4. The van der Waals surface area contributed by atoms with Crippen LogP contribution in [-0.4, -0.2) is 18.7 Å². The molecular weight excluding hydrogens is 320 g/mol. The van der Waals surface area contributed by atoms with Crippen molar-refractivity contribution in [3.05, 3.63) is 51.2 Å². The first-order chi connectivity index (χ1) is 10.6. The summed E-state index contributed by atoms with van der Waals surface area (Å²) in [5.74, 6) is 0.670. The number of ether oxygens (including phenoxy) is 1. The van der Waals surface area contributed by atoms with Crippen LogP contribution >= 0.6 is 22.9 Å². The Morgan fingerprint density at radius 2 is 2.32 bits per heavy atom. The predicted octanol–water partition coefficient (Wildman–Crippen LogP) is 4.02. The molecule has 116 valence electrons. The molecule has 2 rings (SSSR count). The summed E-state index contributed by atoms with van der Waals surface area (Å²) in [5.41, 5.74) is 4.46. The average molecular weight is 337 g/mol. The molecule has 6 heteroatoms. The fraction of sp³-hybridized carbons (Fsp3) is 0.250. The third kappa shape index (κ3) is 5.50. The summed E-state index contributed by atoms with van der Waals surface area (Å²) in [6, 6.07) is 7.41. The van der Waals surface area contributed by atoms with E-state index in [0.29, 0.717) is 24.5 Å². The number of hydrazone groups is 1. The van der Waals surface area contributed by atoms with Crippen LogP contribution in [0.5, 0.6) is 5.75 Å². The van der Waals surface area contributed by atoms with E-state index in [0.717, 1.165) is 16.9 Å². The minimum absolute atomic E-state index is 0.122. The van der Waals surface area contributed by atoms with E-state index in [4.69, 9.17) is 16.3 Å². The summed E-state index contributed by atoms with van der Waals surface area (Å²) in [7, 11) is 0. The van der Waals surface area contributed by atoms with Gasteiger partial charge >= 0.3 is 0 Å². The van der Waals surface area contributed by atoms with Crippen LogP contribution in [0.2, 0.25) is 5.02 Å². The van der Waals surface area contributed by atoms with Crippen molar-refractivity contribution in [3.63, 3.8) is 0 Å². The first-order valence-corrected chi connectivity index (χ1v) is 8.20. The smallest absolute Gasteiger partial charge is 0.240 e. The minimum Gasteiger partial charge on any atom is -0.493 e. The van der Waals surface area contributed by atoms with Gasteiger partial charge in [0.2, 0.25) is 5.91 Å². The van der Waals surface area contributed by atoms with Gasteiger partial charge in [-0.1, -0.05) is 11.6 Å². The zero-order chi connectivity index (χ0) is 15.8. The van der Waals surface area contributed by atoms with E-state index in [9.17, 15) is 4.79 Å². The minimum atomic E-state index is -0.122. The summed E-state index contributed by atoms with van der Waals surface area (Å²) >= 11 is 7.47. The van der Waals surface area contributed by atoms with Crippen molar-refractivity contribution in [2.24, 2.45) is 5.10 Å². The molecule has 0 saturated heterocycles. The molecule has 1 amide bonds. The van der Waals surface area contributed by atoms with Crippen LogP contribution < -0.4 is 10.2 Å². The van der Waals surface area contributed by atoms with E-state index in [2.05, 4.69) is 10.5 Å². The molecule has 0 bridgehead atoms. The second-order valence-electron chi connectivity index (χ2n) is 4.71. The first-order valence-electron chi connectivity index (χ1n) is 6.88. The van der Waals surface area contributed by atoms with Gasteiger partial charge in [-0.3, -0.25) is 4.79 Å². The van der Waals surface area contributed by atoms with Crippen molar-refractivity contribution in [1.29, 1.82) is 0 Å². The highest BCUT2D eigenvalue weighted by Crippen LogP contribution is 2.21. The molecule has 1 heterocycles. The average Bonchev–Trinajstić information content (AvgIpc) is 2.99. The Morgan fingerprint density at radius 3 is 3.05 bits per heavy atom. The summed E-state index contributed by atoms with van der Waals surface area (Å²) in [4.78, 5) is 11.6. The maximum atomic E-state index is 11.6. The molecule has 1 aromatic heterocycles. The number of hydrogen-bond donors (Lipinski definition) is 1. The van der Waals surface area contributed by atoms with Crippen LogP contribution in [0.1, 0.15) is 24.0 Å². The van der Waals surface area contributed by atoms with Gasteiger partial charge in [-0.25, -0.2) is 5.43 Å². The van der Waals surface area contributed by atoms with Crippen LogP contribution in [0.4, 0.5) is 0 Å². The number of rotatable bonds is 7. The molecule has 4 nitrogen and oxygen atoms in total. The number of carbonyl (C=O) groups excluding carboxylic acids is 1. The highest BCUT2D eigenvalue weighted by Gasteiger charge is 2.02. The molecule has 0 aliphatic carbocycles. The Bertz CT molecular complexity index is 642. The summed E-state index contributed by atoms with van der Waals surface area (Å²) in [5, 5.41) is 8.50. The van der Waals surface area contributed by atoms with Crippen molar-refractivity contribution in [2.45, 2.75) is 19.8 Å². The zero-order valence-corrected chi connectivity index (χ0v) is 13.8. The van der Waals surface area contributed by atoms with Crippen molar-refractivity contribution < 1.29 is 9.53 Å². The number of halogens is 1. The van der Waals surface area contributed by atoms with Gasteiger partial charge in [0.25, 0.3) is 0 Å².